The molecule has 0 bridgehead atoms. The molecule has 8 fully saturated rings. The van der Waals surface area contributed by atoms with Crippen molar-refractivity contribution in [1.29, 1.82) is 0 Å². The second-order valence-electron chi connectivity index (χ2n) is 33.2. The number of piperazine rings is 3. The number of carbonyl (C=O) groups is 3. The fourth-order valence-electron chi connectivity index (χ4n) is 17.9. The molecular formula is C85H90Cl3F10N21O6. The van der Waals surface area contributed by atoms with Gasteiger partial charge in [0.2, 0.25) is 17.7 Å². The summed E-state index contributed by atoms with van der Waals surface area (Å²) in [6, 6.07) is 15.0. The highest BCUT2D eigenvalue weighted by molar-refractivity contribution is 6.35. The molecule has 662 valence electrons. The van der Waals surface area contributed by atoms with E-state index in [9.17, 15) is 58.3 Å². The van der Waals surface area contributed by atoms with Crippen molar-refractivity contribution in [3.63, 3.8) is 0 Å². The lowest BCUT2D eigenvalue weighted by Gasteiger charge is -2.35. The van der Waals surface area contributed by atoms with Crippen molar-refractivity contribution in [3.05, 3.63) is 143 Å². The molecule has 27 nitrogen and oxygen atoms in total. The lowest BCUT2D eigenvalue weighted by atomic mass is 10.0. The Morgan fingerprint density at radius 2 is 0.720 bits per heavy atom. The van der Waals surface area contributed by atoms with Crippen molar-refractivity contribution in [2.45, 2.75) is 75.9 Å². The third-order valence-electron chi connectivity index (χ3n) is 24.9. The molecule has 125 heavy (non-hydrogen) atoms. The van der Waals surface area contributed by atoms with E-state index < -0.39 is 53.1 Å². The highest BCUT2D eigenvalue weighted by atomic mass is 35.5. The molecule has 2 aliphatic carbocycles. The number of pyridine rings is 3. The summed E-state index contributed by atoms with van der Waals surface area (Å²) < 4.78 is 158. The normalized spacial score (nSPS) is 22.8. The maximum absolute atomic E-state index is 14.4. The van der Waals surface area contributed by atoms with Crippen molar-refractivity contribution in [3.8, 4) is 51.8 Å². The first-order chi connectivity index (χ1) is 59.2. The summed E-state index contributed by atoms with van der Waals surface area (Å²) in [5.41, 5.74) is 14.9. The lowest BCUT2D eigenvalue weighted by Crippen LogP contribution is -2.48. The van der Waals surface area contributed by atoms with Crippen LogP contribution in [0.1, 0.15) is 49.8 Å². The van der Waals surface area contributed by atoms with Gasteiger partial charge >= 0.3 is 36.6 Å². The zero-order valence-corrected chi connectivity index (χ0v) is 71.0. The summed E-state index contributed by atoms with van der Waals surface area (Å²) in [6.07, 6.45) is -8.62. The highest BCUT2D eigenvalue weighted by Crippen LogP contribution is 2.61. The smallest absolute Gasteiger partial charge is 0.418 e. The molecule has 2 saturated carbocycles. The minimum Gasteiger partial charge on any atom is -0.462 e. The zero-order chi connectivity index (χ0) is 89.4. The molecule has 6 N–H and O–H groups in total. The third-order valence-corrected chi connectivity index (χ3v) is 25.8. The van der Waals surface area contributed by atoms with Gasteiger partial charge in [0.05, 0.1) is 71.4 Å². The number of fused-ring (bicyclic) bond motifs is 5. The number of anilines is 6. The predicted octanol–water partition coefficient (Wildman–Crippen LogP) is 13.2. The van der Waals surface area contributed by atoms with Crippen LogP contribution in [0.25, 0.3) is 66.5 Å². The Kier molecular flexibility index (Phi) is 24.7. The van der Waals surface area contributed by atoms with Crippen molar-refractivity contribution < 1.29 is 72.5 Å². The molecule has 6 saturated heterocycles. The molecule has 0 radical (unpaired) electrons. The Hall–Kier alpha value is -11.0. The number of halogens is 13. The Labute approximate surface area is 727 Å². The second-order valence-corrected chi connectivity index (χ2v) is 34.4. The topological polar surface area (TPSA) is 302 Å². The van der Waals surface area contributed by atoms with Crippen LogP contribution < -0.4 is 46.1 Å². The van der Waals surface area contributed by atoms with Gasteiger partial charge in [0.15, 0.2) is 0 Å². The highest BCUT2D eigenvalue weighted by Gasteiger charge is 2.62. The fourth-order valence-corrected chi connectivity index (χ4v) is 18.7. The van der Waals surface area contributed by atoms with Gasteiger partial charge < -0.3 is 60.8 Å². The third kappa shape index (κ3) is 18.5. The minimum absolute atomic E-state index is 0.00654. The van der Waals surface area contributed by atoms with Crippen molar-refractivity contribution in [2.24, 2.45) is 22.7 Å². The number of ether oxygens (including phenoxy) is 3. The van der Waals surface area contributed by atoms with Crippen molar-refractivity contribution in [2.75, 3.05) is 171 Å². The summed E-state index contributed by atoms with van der Waals surface area (Å²) in [4.78, 5) is 93.4. The largest absolute Gasteiger partial charge is 0.462 e. The molecule has 8 atom stereocenters. The molecule has 0 spiro atoms. The SMILES string of the molecule is C=CC(=O)N1CCN(c2nc(OC[C@@H]3[C@@H](F)CCN3C)nc3cc(-c4nc(N)ccc4C(F)(F)F)c(Cl)cc23)CC1.C=CC(=O)N1CCN(c2nc(OC[C@@H]3[C@@H]4C[C@]4(C)CN3C)nc3cc(-c4nc(N)ccc4C(F)(F)F)c(Cl)cc23)CC1.C=CC(=O)N1CCN(c2nc(OC[C@@H]3[C@H]4C[C@@]4(C)CN3C)nc3cc(-c4nc(N)ccc4C(F)(F)F)c(Cl)cc23)CC1. The van der Waals surface area contributed by atoms with Crippen LogP contribution in [0.5, 0.6) is 18.0 Å². The molecule has 3 aromatic carbocycles. The number of amides is 3. The zero-order valence-electron chi connectivity index (χ0n) is 68.7. The molecule has 40 heteroatoms. The number of likely N-dealkylation sites (tertiary alicyclic amines) is 3. The number of hydrogen-bond acceptors (Lipinski definition) is 24. The van der Waals surface area contributed by atoms with Gasteiger partial charge in [0.25, 0.3) is 0 Å². The van der Waals surface area contributed by atoms with Crippen LogP contribution in [0.4, 0.5) is 78.8 Å². The number of piperidine rings is 2. The molecule has 0 unspecified atom stereocenters. The Bertz CT molecular complexity index is 5480. The predicted molar refractivity (Wildman–Crippen MR) is 456 cm³/mol. The Balaban J connectivity index is 0.000000145. The van der Waals surface area contributed by atoms with Gasteiger partial charge in [-0.25, -0.2) is 19.3 Å². The molecule has 9 aromatic rings. The number of nitrogens with zero attached hydrogens (tertiary/aromatic N) is 18. The van der Waals surface area contributed by atoms with Gasteiger partial charge in [-0.15, -0.1) is 0 Å². The summed E-state index contributed by atoms with van der Waals surface area (Å²) in [6.45, 7) is 23.9. The van der Waals surface area contributed by atoms with Crippen LogP contribution in [-0.4, -0.2) is 255 Å². The maximum atomic E-state index is 14.4. The summed E-state index contributed by atoms with van der Waals surface area (Å²) in [5.74, 6) is 1.83. The van der Waals surface area contributed by atoms with E-state index in [4.69, 9.17) is 76.2 Å². The molecule has 6 aliphatic heterocycles. The quantitative estimate of drug-likeness (QED) is 0.0531. The number of alkyl halides is 10. The summed E-state index contributed by atoms with van der Waals surface area (Å²) in [5, 5.41) is 1.65. The average Bonchev–Trinajstić information content (AvgIpc) is 1.56. The van der Waals surface area contributed by atoms with Crippen LogP contribution >= 0.6 is 34.8 Å². The Morgan fingerprint density at radius 3 is 0.968 bits per heavy atom. The number of nitrogen functional groups attached to an aromatic ring is 3. The molecule has 8 aliphatic rings. The first-order valence-corrected chi connectivity index (χ1v) is 41.5. The number of nitrogens with two attached hydrogens (primary N) is 3. The van der Waals surface area contributed by atoms with Gasteiger partial charge in [0, 0.05) is 143 Å². The molecule has 12 heterocycles. The second kappa shape index (κ2) is 34.7. The first kappa shape index (κ1) is 88.9. The van der Waals surface area contributed by atoms with Crippen LogP contribution in [0, 0.1) is 22.7 Å². The van der Waals surface area contributed by atoms with Crippen LogP contribution in [0.15, 0.2) is 111 Å². The van der Waals surface area contributed by atoms with E-state index in [1.165, 1.54) is 42.5 Å². The van der Waals surface area contributed by atoms with Gasteiger partial charge in [-0.2, -0.15) is 69.4 Å². The molecular weight excluding hydrogens is 1710 g/mol. The number of rotatable bonds is 18. The summed E-state index contributed by atoms with van der Waals surface area (Å²) in [7, 11) is 5.95. The summed E-state index contributed by atoms with van der Waals surface area (Å²) >= 11 is 19.8. The van der Waals surface area contributed by atoms with Gasteiger partial charge in [-0.1, -0.05) is 68.4 Å². The number of carbonyl (C=O) groups excluding carboxylic acids is 3. The number of aromatic nitrogens is 9. The number of benzene rings is 3. The van der Waals surface area contributed by atoms with E-state index in [1.54, 1.807) is 33.9 Å². The van der Waals surface area contributed by atoms with E-state index in [0.29, 0.717) is 172 Å². The van der Waals surface area contributed by atoms with E-state index >= 15 is 0 Å². The van der Waals surface area contributed by atoms with Crippen LogP contribution in [0.3, 0.4) is 0 Å². The monoisotopic (exact) mass is 1800 g/mol. The Morgan fingerprint density at radius 1 is 0.432 bits per heavy atom. The van der Waals surface area contributed by atoms with Gasteiger partial charge in [-0.3, -0.25) is 29.1 Å². The van der Waals surface area contributed by atoms with E-state index in [2.05, 4.69) is 92.4 Å². The van der Waals surface area contributed by atoms with Gasteiger partial charge in [0.1, 0.15) is 60.9 Å². The fraction of sp³-hybridized carbons (Fsp3) is 0.435. The van der Waals surface area contributed by atoms with Crippen LogP contribution in [0.2, 0.25) is 15.1 Å². The van der Waals surface area contributed by atoms with Crippen LogP contribution in [-0.2, 0) is 32.9 Å². The minimum atomic E-state index is -4.71. The molecule has 17 rings (SSSR count). The van der Waals surface area contributed by atoms with E-state index in [0.717, 1.165) is 62.3 Å². The average molecular weight is 1800 g/mol. The number of likely N-dealkylation sites (N-methyl/N-ethyl adjacent to an activating group) is 3. The molecule has 3 amide bonds. The van der Waals surface area contributed by atoms with Crippen molar-refractivity contribution in [1.82, 2.24) is 74.3 Å². The molecule has 6 aromatic heterocycles. The first-order valence-electron chi connectivity index (χ1n) is 40.4. The van der Waals surface area contributed by atoms with Gasteiger partial charge in [-0.05, 0) is 154 Å². The number of hydrogen-bond donors (Lipinski definition) is 3. The van der Waals surface area contributed by atoms with Crippen molar-refractivity contribution >= 4 is 120 Å². The standard InChI is InChI=1S/2C29H31ClF3N7O2.C27H28ClF4N7O2/c2*1-4-24(41)39-7-9-40(10-8-39)26-17-11-20(30)16(25-18(29(31,32)33)5-6-23(34)36-25)12-21(17)35-27(37-26)42-14-22-19-13-28(19,2)15-38(22)3;1-3-23(40)38-8-10-39(11-9-38)25-16-12-18(28)15(24-17(27(30,31)32)4-5-22(33)35-24)13-20(16)34-26(36-25)41-14-21-19(29)6-7-37(21)2/h2*4-6,11-12,19,22H,1,7-10,13-15H2,2-3H3,(H2,34,36);3-5,12-13,19,21H,1,6-11,14H2,2H3,(H2,33,35)/t19-,22+,28+;19-,22-,28+;19-,21+/m010/s1. The maximum Gasteiger partial charge on any atom is 0.418 e. The van der Waals surface area contributed by atoms with E-state index in [1.807, 2.05) is 19.6 Å². The van der Waals surface area contributed by atoms with E-state index in [-0.39, 0.29) is 121 Å². The lowest BCUT2D eigenvalue weighted by molar-refractivity contribution is -0.138.